The van der Waals surface area contributed by atoms with E-state index in [1.165, 1.54) is 66.5 Å². The highest BCUT2D eigenvalue weighted by Gasteiger charge is 2.51. The first-order valence-electron chi connectivity index (χ1n) is 48.7. The lowest BCUT2D eigenvalue weighted by atomic mass is 9.91. The number of pyridine rings is 3. The molecular formula is C106H118ClF4N15O16. The minimum Gasteiger partial charge on any atom is -0.487 e. The normalized spacial score (nSPS) is 26.7. The summed E-state index contributed by atoms with van der Waals surface area (Å²) < 4.78 is 93.0. The van der Waals surface area contributed by atoms with Crippen LogP contribution in [0.25, 0.3) is 44.1 Å². The number of halogens is 5. The predicted molar refractivity (Wildman–Crippen MR) is 519 cm³/mol. The number of hydrogen-bond acceptors (Lipinski definition) is 27. The fourth-order valence-electron chi connectivity index (χ4n) is 22.0. The molecule has 0 amide bonds. The number of nitrogens with zero attached hydrogens (tertiary/aromatic N) is 13. The van der Waals surface area contributed by atoms with Gasteiger partial charge in [0.15, 0.2) is 0 Å². The van der Waals surface area contributed by atoms with Crippen LogP contribution in [0.3, 0.4) is 0 Å². The molecule has 4 aromatic carbocycles. The van der Waals surface area contributed by atoms with Crippen LogP contribution < -0.4 is 34.3 Å². The summed E-state index contributed by atoms with van der Waals surface area (Å²) in [7, 11) is 0. The number of benzene rings is 4. The highest BCUT2D eigenvalue weighted by Crippen LogP contribution is 2.48. The summed E-state index contributed by atoms with van der Waals surface area (Å²) in [6, 6.07) is 28.5. The number of aliphatic hydroxyl groups is 11. The summed E-state index contributed by atoms with van der Waals surface area (Å²) in [4.78, 5) is 38.6. The molecule has 21 atom stereocenters. The van der Waals surface area contributed by atoms with E-state index in [9.17, 15) is 73.7 Å². The molecule has 5 fully saturated rings. The van der Waals surface area contributed by atoms with Crippen molar-refractivity contribution in [1.29, 1.82) is 0 Å². The van der Waals surface area contributed by atoms with E-state index in [2.05, 4.69) is 67.6 Å². The Morgan fingerprint density at radius 2 is 0.866 bits per heavy atom. The molecule has 36 heteroatoms. The molecule has 748 valence electrons. The van der Waals surface area contributed by atoms with Crippen LogP contribution in [0.2, 0.25) is 5.02 Å². The van der Waals surface area contributed by atoms with E-state index in [-0.39, 0.29) is 28.5 Å². The van der Waals surface area contributed by atoms with Crippen molar-refractivity contribution < 1.29 is 97.4 Å². The summed E-state index contributed by atoms with van der Waals surface area (Å²) in [6.07, 6.45) is 12.2. The van der Waals surface area contributed by atoms with Gasteiger partial charge in [-0.25, -0.2) is 57.4 Å². The predicted octanol–water partition coefficient (Wildman–Crippen LogP) is 12.3. The average Bonchev–Trinajstić information content (AvgIpc) is 1.64. The number of nitrogens with one attached hydrogen (secondary N) is 2. The number of alkyl halides is 2. The second-order valence-electron chi connectivity index (χ2n) is 38.7. The molecule has 23 rings (SSSR count). The van der Waals surface area contributed by atoms with Crippen LogP contribution in [-0.4, -0.2) is 224 Å². The van der Waals surface area contributed by atoms with E-state index in [1.807, 2.05) is 109 Å². The maximum absolute atomic E-state index is 14.6. The van der Waals surface area contributed by atoms with Crippen LogP contribution in [0, 0.1) is 59.1 Å². The lowest BCUT2D eigenvalue weighted by molar-refractivity contribution is -0.0321. The van der Waals surface area contributed by atoms with Crippen LogP contribution in [0.4, 0.5) is 17.6 Å². The Morgan fingerprint density at radius 3 is 1.44 bits per heavy atom. The zero-order valence-corrected chi connectivity index (χ0v) is 80.1. The number of ether oxygens (including phenoxy) is 5. The van der Waals surface area contributed by atoms with Gasteiger partial charge in [0, 0.05) is 144 Å². The minimum absolute atomic E-state index is 0.0373. The average molecular weight is 1970 g/mol. The third-order valence-corrected chi connectivity index (χ3v) is 30.2. The van der Waals surface area contributed by atoms with Gasteiger partial charge in [-0.05, 0) is 254 Å². The first-order chi connectivity index (χ1) is 68.5. The Morgan fingerprint density at radius 1 is 0.387 bits per heavy atom. The standard InChI is InChI=1S/C23H25F2N3O3.C23H26FN3O3.C21H24N4O3.C20H24N2O4.C19H19ClFN3O3/c1-12-2-6-27-23-15(12)4-7-28(23)17-10-19(21(30)20(17)29)31-18-9-14(22(24)25)8-13-3-5-26-11-16(13)18;1-12-3-7-26-23-14(12)5-8-27(23)17-10-19(22(29)21(17)28)30-18-9-13(2)20(24)15-4-6-25-11-16(15)18;1-12-14-7-9-25(20(14)24-11-23-12)16-10-17(19(27)18(16)26)28-21-15-5-3-2-4-13(15)6-8-22-21;1-12-21-10-9-18(22-12)26-17-11-16(19(23)20(17)24)25-15-8-4-6-13-5-2-3-7-14(13)15;1-9-11-4-5-24(19(11)23-8-22-9)15-7-12(17(26)18(15)27)16(25)10-2-3-13(20)14(21)6-10/h2,4,6-9,17,19-22,26,29-30H,3,5,10-11H2,1H3;3,5,7-9,17,19,21-22,25,28-29H,4,6,10-11H2,1-2H3;6-9,11,16-19,26-27H,2-5,10H2,1H3;4,6,8-10,16-17,19-20,23-24H,2-3,5,7,11H2,1H3;2-6,8,12,15-18,25-27H,7H2,1H3/t17-,19+,20+,21-;17-,19+,21+,22-;16-,17+,18+,19-;16-,17+,19+,20-;12-,15-,16+,17-,18+/m11101/s1. The van der Waals surface area contributed by atoms with Crippen molar-refractivity contribution in [3.8, 4) is 29.0 Å². The van der Waals surface area contributed by atoms with Gasteiger partial charge in [0.2, 0.25) is 11.8 Å². The largest absolute Gasteiger partial charge is 0.487 e. The fourth-order valence-corrected chi connectivity index (χ4v) is 22.2. The van der Waals surface area contributed by atoms with Gasteiger partial charge in [-0.1, -0.05) is 29.8 Å². The van der Waals surface area contributed by atoms with Crippen molar-refractivity contribution in [3.05, 3.63) is 272 Å². The van der Waals surface area contributed by atoms with Gasteiger partial charge in [-0.15, -0.1) is 0 Å². The highest BCUT2D eigenvalue weighted by atomic mass is 35.5. The van der Waals surface area contributed by atoms with E-state index in [4.69, 9.17) is 35.3 Å². The van der Waals surface area contributed by atoms with E-state index in [0.29, 0.717) is 109 Å². The summed E-state index contributed by atoms with van der Waals surface area (Å²) in [5.74, 6) is 1.87. The molecule has 7 aliphatic carbocycles. The molecule has 0 bridgehead atoms. The van der Waals surface area contributed by atoms with E-state index in [0.717, 1.165) is 147 Å². The lowest BCUT2D eigenvalue weighted by Crippen LogP contribution is -2.36. The third-order valence-electron chi connectivity index (χ3n) is 29.9. The molecular weight excluding hydrogens is 1850 g/mol. The number of aliphatic hydroxyl groups excluding tert-OH is 11. The summed E-state index contributed by atoms with van der Waals surface area (Å²) >= 11 is 5.69. The van der Waals surface area contributed by atoms with Crippen molar-refractivity contribution in [2.45, 2.75) is 279 Å². The SMILES string of the molecule is Cc1cc(O[C@H]2C[C@@H](n3ccc4c(C)ccnc43)[C@H](O)[C@@H]2O)c2c(c1F)CCNC2.Cc1ccnc2c1ccn2[C@@H]1C[C@H](Oc2cc(C(F)F)cc3c2CNCC3)[C@@H](O)[C@H]1O.Cc1nccc(O[C@@H]2C[C@H](Oc3cccc4c3CCCC4)[C@@H](O)[C@H]2O)n1.Cc1ncnc2c1ccn2[C@@H]1C[C@H](Oc2nccc3c2CCCC3)[C@@H](O)[C@H]1O.Cc1ncnc2c1ccn2[C@@H]1C[C@H]([C@@H](O)c2ccc(Cl)c(F)c2)[C@@H](O)[C@H]1O. The van der Waals surface area contributed by atoms with Gasteiger partial charge in [-0.3, -0.25) is 0 Å². The van der Waals surface area contributed by atoms with Crippen molar-refractivity contribution in [3.63, 3.8) is 0 Å². The third kappa shape index (κ3) is 19.9. The van der Waals surface area contributed by atoms with Crippen molar-refractivity contribution in [2.24, 2.45) is 5.92 Å². The Labute approximate surface area is 821 Å². The Kier molecular flexibility index (Phi) is 29.5. The van der Waals surface area contributed by atoms with Gasteiger partial charge in [0.05, 0.1) is 52.8 Å². The highest BCUT2D eigenvalue weighted by molar-refractivity contribution is 6.30. The van der Waals surface area contributed by atoms with Crippen LogP contribution >= 0.6 is 11.6 Å². The first-order valence-corrected chi connectivity index (χ1v) is 49.1. The second-order valence-corrected chi connectivity index (χ2v) is 39.1. The molecule has 14 aromatic rings. The minimum atomic E-state index is -2.60. The van der Waals surface area contributed by atoms with E-state index in [1.54, 1.807) is 61.5 Å². The van der Waals surface area contributed by atoms with Crippen LogP contribution in [-0.2, 0) is 51.6 Å². The van der Waals surface area contributed by atoms with Crippen LogP contribution in [0.5, 0.6) is 29.0 Å². The van der Waals surface area contributed by atoms with E-state index < -0.39 is 128 Å². The maximum Gasteiger partial charge on any atom is 0.263 e. The number of aryl methyl sites for hydroxylation is 8. The molecule has 31 nitrogen and oxygen atoms in total. The molecule has 2 aliphatic heterocycles. The molecule has 142 heavy (non-hydrogen) atoms. The smallest absolute Gasteiger partial charge is 0.263 e. The zero-order valence-electron chi connectivity index (χ0n) is 79.4. The molecule has 5 saturated carbocycles. The van der Waals surface area contributed by atoms with Crippen molar-refractivity contribution >= 4 is 55.7 Å². The lowest BCUT2D eigenvalue weighted by Gasteiger charge is -2.25. The Balaban J connectivity index is 0.000000113. The molecule has 12 heterocycles. The van der Waals surface area contributed by atoms with Gasteiger partial charge < -0.3 is 109 Å². The molecule has 13 N–H and O–H groups in total. The van der Waals surface area contributed by atoms with Crippen molar-refractivity contribution in [1.82, 2.24) is 73.8 Å². The topological polar surface area (TPSA) is 428 Å². The number of aromatic nitrogens is 13. The molecule has 10 aromatic heterocycles. The number of rotatable bonds is 17. The number of fused-ring (bicyclic) bond motifs is 8. The Bertz CT molecular complexity index is 6890. The molecule has 0 saturated heterocycles. The zero-order chi connectivity index (χ0) is 99.3. The maximum atomic E-state index is 14.6. The summed E-state index contributed by atoms with van der Waals surface area (Å²) in [5.41, 5.74) is 15.7. The van der Waals surface area contributed by atoms with Gasteiger partial charge in [0.1, 0.15) is 155 Å². The van der Waals surface area contributed by atoms with E-state index >= 15 is 0 Å². The van der Waals surface area contributed by atoms with Crippen molar-refractivity contribution in [2.75, 3.05) is 13.1 Å². The van der Waals surface area contributed by atoms with Gasteiger partial charge in [0.25, 0.3) is 6.43 Å². The van der Waals surface area contributed by atoms with Gasteiger partial charge >= 0.3 is 0 Å². The summed E-state index contributed by atoms with van der Waals surface area (Å²) in [5, 5.41) is 127. The van der Waals surface area contributed by atoms with Crippen LogP contribution in [0.15, 0.2) is 165 Å². The molecule has 9 aliphatic rings. The first kappa shape index (κ1) is 99.0. The van der Waals surface area contributed by atoms with Gasteiger partial charge in [-0.2, -0.15) is 4.98 Å². The van der Waals surface area contributed by atoms with Crippen LogP contribution in [0.1, 0.15) is 184 Å². The quantitative estimate of drug-likeness (QED) is 0.0377. The monoisotopic (exact) mass is 1970 g/mol. The molecule has 0 radical (unpaired) electrons. The second kappa shape index (κ2) is 42.3. The summed E-state index contributed by atoms with van der Waals surface area (Å²) in [6.45, 7) is 13.8. The molecule has 0 unspecified atom stereocenters. The number of hydrogen-bond donors (Lipinski definition) is 13. The molecule has 0 spiro atoms. The fraction of sp³-hybridized carbons (Fsp3) is 0.443. The Hall–Kier alpha value is -11.8.